The van der Waals surface area contributed by atoms with Crippen molar-refractivity contribution >= 4 is 23.1 Å². The number of hydrogen-bond acceptors (Lipinski definition) is 6. The standard InChI is InChI=1S/C16H16N6OS/c1-9-2-3-14(24-9)12-7-13(20-19-12)16(23)22-5-4-11-10(8-22)6-15(17)21-18-11/h2-3,6-7H,4-5,8H2,1H3,(H2,17,21)(H,19,20). The molecule has 0 saturated heterocycles. The summed E-state index contributed by atoms with van der Waals surface area (Å²) in [6.07, 6.45) is 0.676. The minimum Gasteiger partial charge on any atom is -0.382 e. The molecule has 0 aromatic carbocycles. The minimum absolute atomic E-state index is 0.0909. The summed E-state index contributed by atoms with van der Waals surface area (Å²) in [7, 11) is 0. The molecule has 3 aromatic rings. The van der Waals surface area contributed by atoms with E-state index in [0.29, 0.717) is 31.0 Å². The number of nitrogens with one attached hydrogen (secondary N) is 1. The van der Waals surface area contributed by atoms with Gasteiger partial charge in [-0.2, -0.15) is 10.2 Å². The van der Waals surface area contributed by atoms with Crippen LogP contribution in [0.25, 0.3) is 10.6 Å². The van der Waals surface area contributed by atoms with Gasteiger partial charge in [-0.05, 0) is 36.8 Å². The molecule has 7 nitrogen and oxygen atoms in total. The molecular formula is C16H16N6OS. The van der Waals surface area contributed by atoms with E-state index >= 15 is 0 Å². The van der Waals surface area contributed by atoms with Gasteiger partial charge in [0.2, 0.25) is 0 Å². The van der Waals surface area contributed by atoms with Crippen LogP contribution in [0, 0.1) is 6.92 Å². The largest absolute Gasteiger partial charge is 0.382 e. The number of H-pyrrole nitrogens is 1. The van der Waals surface area contributed by atoms with Crippen LogP contribution in [0.3, 0.4) is 0 Å². The zero-order valence-corrected chi connectivity index (χ0v) is 13.9. The number of rotatable bonds is 2. The van der Waals surface area contributed by atoms with Crippen molar-refractivity contribution in [2.75, 3.05) is 12.3 Å². The van der Waals surface area contributed by atoms with E-state index in [0.717, 1.165) is 21.8 Å². The summed E-state index contributed by atoms with van der Waals surface area (Å²) in [4.78, 5) is 16.8. The summed E-state index contributed by atoms with van der Waals surface area (Å²) >= 11 is 1.67. The molecule has 1 aliphatic heterocycles. The molecule has 0 aliphatic carbocycles. The van der Waals surface area contributed by atoms with Gasteiger partial charge in [0.15, 0.2) is 5.69 Å². The second-order valence-electron chi connectivity index (χ2n) is 5.79. The van der Waals surface area contributed by atoms with Gasteiger partial charge >= 0.3 is 0 Å². The maximum Gasteiger partial charge on any atom is 0.274 e. The maximum absolute atomic E-state index is 12.7. The lowest BCUT2D eigenvalue weighted by Crippen LogP contribution is -2.36. The van der Waals surface area contributed by atoms with Crippen molar-refractivity contribution in [1.82, 2.24) is 25.3 Å². The smallest absolute Gasteiger partial charge is 0.274 e. The number of amides is 1. The van der Waals surface area contributed by atoms with E-state index in [9.17, 15) is 4.79 Å². The van der Waals surface area contributed by atoms with Gasteiger partial charge in [-0.25, -0.2) is 0 Å². The summed E-state index contributed by atoms with van der Waals surface area (Å²) in [5, 5.41) is 15.1. The van der Waals surface area contributed by atoms with Crippen molar-refractivity contribution in [2.24, 2.45) is 0 Å². The van der Waals surface area contributed by atoms with Crippen LogP contribution in [0.15, 0.2) is 24.3 Å². The van der Waals surface area contributed by atoms with Gasteiger partial charge in [-0.3, -0.25) is 9.89 Å². The quantitative estimate of drug-likeness (QED) is 0.743. The van der Waals surface area contributed by atoms with Gasteiger partial charge in [0, 0.05) is 24.4 Å². The third-order valence-corrected chi connectivity index (χ3v) is 5.08. The molecule has 8 heteroatoms. The van der Waals surface area contributed by atoms with Crippen LogP contribution >= 0.6 is 11.3 Å². The highest BCUT2D eigenvalue weighted by atomic mass is 32.1. The molecule has 0 bridgehead atoms. The summed E-state index contributed by atoms with van der Waals surface area (Å²) in [5.41, 5.74) is 8.84. The van der Waals surface area contributed by atoms with Crippen LogP contribution in [-0.2, 0) is 13.0 Å². The number of aryl methyl sites for hydroxylation is 1. The van der Waals surface area contributed by atoms with Gasteiger partial charge in [-0.15, -0.1) is 16.4 Å². The number of nitrogens with zero attached hydrogens (tertiary/aromatic N) is 4. The van der Waals surface area contributed by atoms with Crippen LogP contribution in [0.2, 0.25) is 0 Å². The van der Waals surface area contributed by atoms with Gasteiger partial charge < -0.3 is 10.6 Å². The monoisotopic (exact) mass is 340 g/mol. The molecule has 0 atom stereocenters. The zero-order valence-electron chi connectivity index (χ0n) is 13.1. The van der Waals surface area contributed by atoms with Gasteiger partial charge in [0.1, 0.15) is 5.82 Å². The average Bonchev–Trinajstić information content (AvgIpc) is 3.22. The van der Waals surface area contributed by atoms with E-state index < -0.39 is 0 Å². The van der Waals surface area contributed by atoms with Crippen molar-refractivity contribution in [3.63, 3.8) is 0 Å². The number of nitrogens with two attached hydrogens (primary N) is 1. The van der Waals surface area contributed by atoms with Crippen molar-refractivity contribution in [3.05, 3.63) is 46.1 Å². The van der Waals surface area contributed by atoms with E-state index in [1.165, 1.54) is 4.88 Å². The van der Waals surface area contributed by atoms with E-state index in [4.69, 9.17) is 5.73 Å². The predicted octanol–water partition coefficient (Wildman–Crippen LogP) is 2.02. The van der Waals surface area contributed by atoms with E-state index in [1.807, 2.05) is 12.1 Å². The molecule has 3 N–H and O–H groups in total. The Morgan fingerprint density at radius 3 is 3.00 bits per heavy atom. The van der Waals surface area contributed by atoms with Crippen LogP contribution in [0.1, 0.15) is 26.6 Å². The summed E-state index contributed by atoms with van der Waals surface area (Å²) < 4.78 is 0. The first kappa shape index (κ1) is 14.8. The fourth-order valence-electron chi connectivity index (χ4n) is 2.82. The molecule has 0 unspecified atom stereocenters. The molecule has 0 fully saturated rings. The zero-order chi connectivity index (χ0) is 16.7. The van der Waals surface area contributed by atoms with E-state index in [2.05, 4.69) is 33.4 Å². The second kappa shape index (κ2) is 5.72. The number of aromatic nitrogens is 4. The topological polar surface area (TPSA) is 101 Å². The Balaban J connectivity index is 1.55. The molecule has 1 amide bonds. The van der Waals surface area contributed by atoms with Crippen molar-refractivity contribution in [2.45, 2.75) is 19.9 Å². The first-order valence-electron chi connectivity index (χ1n) is 7.62. The first-order valence-corrected chi connectivity index (χ1v) is 8.44. The number of hydrogen-bond donors (Lipinski definition) is 2. The Morgan fingerprint density at radius 2 is 2.21 bits per heavy atom. The maximum atomic E-state index is 12.7. The Hall–Kier alpha value is -2.74. The second-order valence-corrected chi connectivity index (χ2v) is 7.08. The normalized spacial score (nSPS) is 13.8. The van der Waals surface area contributed by atoms with Gasteiger partial charge in [0.25, 0.3) is 5.91 Å². The van der Waals surface area contributed by atoms with Crippen LogP contribution in [-0.4, -0.2) is 37.7 Å². The van der Waals surface area contributed by atoms with Crippen LogP contribution in [0.5, 0.6) is 0 Å². The Morgan fingerprint density at radius 1 is 1.33 bits per heavy atom. The molecule has 3 aromatic heterocycles. The van der Waals surface area contributed by atoms with Gasteiger partial charge in [-0.1, -0.05) is 0 Å². The molecule has 0 radical (unpaired) electrons. The number of thiophene rings is 1. The molecule has 0 spiro atoms. The SMILES string of the molecule is Cc1ccc(-c2cc(C(=O)N3CCc4nnc(N)cc4C3)n[nH]2)s1. The molecule has 1 aliphatic rings. The number of carbonyl (C=O) groups is 1. The Bertz CT molecular complexity index is 915. The number of fused-ring (bicyclic) bond motifs is 1. The third-order valence-electron chi connectivity index (χ3n) is 4.05. The molecule has 0 saturated carbocycles. The Labute approximate surface area is 142 Å². The van der Waals surface area contributed by atoms with Crippen molar-refractivity contribution in [3.8, 4) is 10.6 Å². The Kier molecular flexibility index (Phi) is 3.53. The molecule has 122 valence electrons. The summed E-state index contributed by atoms with van der Waals surface area (Å²) in [6.45, 7) is 3.13. The van der Waals surface area contributed by atoms with Crippen LogP contribution < -0.4 is 5.73 Å². The van der Waals surface area contributed by atoms with Gasteiger partial charge in [0.05, 0.1) is 16.3 Å². The highest BCUT2D eigenvalue weighted by Crippen LogP contribution is 2.27. The lowest BCUT2D eigenvalue weighted by molar-refractivity contribution is 0.0727. The fraction of sp³-hybridized carbons (Fsp3) is 0.250. The van der Waals surface area contributed by atoms with E-state index in [1.54, 1.807) is 22.3 Å². The van der Waals surface area contributed by atoms with E-state index in [-0.39, 0.29) is 5.91 Å². The van der Waals surface area contributed by atoms with Crippen molar-refractivity contribution in [1.29, 1.82) is 0 Å². The van der Waals surface area contributed by atoms with Crippen LogP contribution in [0.4, 0.5) is 5.82 Å². The molecule has 24 heavy (non-hydrogen) atoms. The highest BCUT2D eigenvalue weighted by Gasteiger charge is 2.25. The number of nitrogen functional groups attached to an aromatic ring is 1. The summed E-state index contributed by atoms with van der Waals surface area (Å²) in [5.74, 6) is 0.282. The lowest BCUT2D eigenvalue weighted by atomic mass is 10.1. The minimum atomic E-state index is -0.0909. The molecule has 4 rings (SSSR count). The number of aromatic amines is 1. The average molecular weight is 340 g/mol. The number of anilines is 1. The predicted molar refractivity (Wildman–Crippen MR) is 91.5 cm³/mol. The first-order chi connectivity index (χ1) is 11.6. The molecule has 4 heterocycles. The number of carbonyl (C=O) groups excluding carboxylic acids is 1. The lowest BCUT2D eigenvalue weighted by Gasteiger charge is -2.27. The highest BCUT2D eigenvalue weighted by molar-refractivity contribution is 7.15. The molecular weight excluding hydrogens is 324 g/mol. The van der Waals surface area contributed by atoms with Crippen molar-refractivity contribution < 1.29 is 4.79 Å². The third kappa shape index (κ3) is 2.65. The fourth-order valence-corrected chi connectivity index (χ4v) is 3.65. The summed E-state index contributed by atoms with van der Waals surface area (Å²) in [6, 6.07) is 7.67.